The molecule has 84 valence electrons. The lowest BCUT2D eigenvalue weighted by Gasteiger charge is -2.12. The van der Waals surface area contributed by atoms with E-state index >= 15 is 0 Å². The van der Waals surface area contributed by atoms with Gasteiger partial charge in [0, 0.05) is 10.6 Å². The molecule has 1 N–H and O–H groups in total. The van der Waals surface area contributed by atoms with Gasteiger partial charge in [0.25, 0.3) is 0 Å². The molecule has 1 atom stereocenters. The maximum Gasteiger partial charge on any atom is 0.128 e. The molecule has 0 aliphatic rings. The highest BCUT2D eigenvalue weighted by molar-refractivity contribution is 6.31. The van der Waals surface area contributed by atoms with Crippen LogP contribution < -0.4 is 0 Å². The van der Waals surface area contributed by atoms with Crippen LogP contribution in [0.3, 0.4) is 0 Å². The summed E-state index contributed by atoms with van der Waals surface area (Å²) in [7, 11) is 0. The van der Waals surface area contributed by atoms with Gasteiger partial charge in [0.15, 0.2) is 0 Å². The monoisotopic (exact) mass is 239 g/mol. The number of aromatic nitrogens is 3. The summed E-state index contributed by atoms with van der Waals surface area (Å²) in [4.78, 5) is 0. The van der Waals surface area contributed by atoms with E-state index in [1.54, 1.807) is 18.3 Å². The summed E-state index contributed by atoms with van der Waals surface area (Å²) in [6, 6.07) is 4.71. The highest BCUT2D eigenvalue weighted by Gasteiger charge is 2.16. The van der Waals surface area contributed by atoms with Crippen molar-refractivity contribution in [2.75, 3.05) is 0 Å². The molecule has 0 saturated heterocycles. The van der Waals surface area contributed by atoms with E-state index in [1.165, 1.54) is 6.07 Å². The van der Waals surface area contributed by atoms with Crippen molar-refractivity contribution < 1.29 is 4.39 Å². The maximum absolute atomic E-state index is 13.6. The van der Waals surface area contributed by atoms with Gasteiger partial charge in [-0.3, -0.25) is 0 Å². The molecule has 0 fully saturated rings. The van der Waals surface area contributed by atoms with Gasteiger partial charge in [0.1, 0.15) is 5.82 Å². The first-order valence-electron chi connectivity index (χ1n) is 4.97. The van der Waals surface area contributed by atoms with Crippen LogP contribution in [0.2, 0.25) is 5.02 Å². The Morgan fingerprint density at radius 1 is 1.50 bits per heavy atom. The third-order valence-corrected chi connectivity index (χ3v) is 2.80. The Balaban J connectivity index is 2.24. The third kappa shape index (κ3) is 2.22. The number of H-pyrrole nitrogens is 1. The minimum Gasteiger partial charge on any atom is -0.207 e. The van der Waals surface area contributed by atoms with E-state index in [1.807, 2.05) is 6.92 Å². The van der Waals surface area contributed by atoms with Crippen LogP contribution >= 0.6 is 11.6 Å². The lowest BCUT2D eigenvalue weighted by molar-refractivity contribution is 0.586. The van der Waals surface area contributed by atoms with Crippen molar-refractivity contribution >= 4 is 11.6 Å². The van der Waals surface area contributed by atoms with Crippen molar-refractivity contribution in [2.45, 2.75) is 19.3 Å². The third-order valence-electron chi connectivity index (χ3n) is 2.47. The summed E-state index contributed by atoms with van der Waals surface area (Å²) in [5, 5.41) is 10.6. The van der Waals surface area contributed by atoms with Gasteiger partial charge in [-0.15, -0.1) is 0 Å². The van der Waals surface area contributed by atoms with E-state index in [-0.39, 0.29) is 11.7 Å². The molecule has 0 amide bonds. The average Bonchev–Trinajstić information content (AvgIpc) is 2.70. The minimum atomic E-state index is -0.275. The van der Waals surface area contributed by atoms with E-state index in [0.717, 1.165) is 5.69 Å². The zero-order chi connectivity index (χ0) is 11.5. The standard InChI is InChI=1S/C11H11ClFN3/c1-7(5-8-6-14-16-15-8)11-9(12)3-2-4-10(11)13/h2-4,6-7H,5H2,1H3,(H,14,15,16). The highest BCUT2D eigenvalue weighted by atomic mass is 35.5. The fraction of sp³-hybridized carbons (Fsp3) is 0.273. The minimum absolute atomic E-state index is 0.0289. The molecule has 0 spiro atoms. The van der Waals surface area contributed by atoms with Crippen molar-refractivity contribution in [3.63, 3.8) is 0 Å². The van der Waals surface area contributed by atoms with Gasteiger partial charge in [0.2, 0.25) is 0 Å². The second-order valence-electron chi connectivity index (χ2n) is 3.70. The number of hydrogen-bond acceptors (Lipinski definition) is 2. The van der Waals surface area contributed by atoms with Crippen LogP contribution in [-0.2, 0) is 6.42 Å². The molecule has 1 aromatic carbocycles. The zero-order valence-corrected chi connectivity index (χ0v) is 9.50. The number of benzene rings is 1. The lowest BCUT2D eigenvalue weighted by Crippen LogP contribution is -2.02. The summed E-state index contributed by atoms with van der Waals surface area (Å²) >= 11 is 5.98. The van der Waals surface area contributed by atoms with Gasteiger partial charge in [-0.2, -0.15) is 15.4 Å². The molecule has 2 rings (SSSR count). The summed E-state index contributed by atoms with van der Waals surface area (Å²) in [6.45, 7) is 1.92. The maximum atomic E-state index is 13.6. The fourth-order valence-corrected chi connectivity index (χ4v) is 2.07. The fourth-order valence-electron chi connectivity index (χ4n) is 1.72. The Hall–Kier alpha value is -1.42. The Kier molecular flexibility index (Phi) is 3.19. The first-order valence-corrected chi connectivity index (χ1v) is 5.35. The summed E-state index contributed by atoms with van der Waals surface area (Å²) in [5.74, 6) is -0.303. The number of hydrogen-bond donors (Lipinski definition) is 1. The van der Waals surface area contributed by atoms with E-state index in [4.69, 9.17) is 11.6 Å². The summed E-state index contributed by atoms with van der Waals surface area (Å²) in [6.07, 6.45) is 2.24. The normalized spacial score (nSPS) is 12.7. The van der Waals surface area contributed by atoms with E-state index in [9.17, 15) is 4.39 Å². The molecule has 0 aliphatic heterocycles. The van der Waals surface area contributed by atoms with Crippen LogP contribution in [-0.4, -0.2) is 15.4 Å². The second-order valence-corrected chi connectivity index (χ2v) is 4.11. The topological polar surface area (TPSA) is 41.6 Å². The van der Waals surface area contributed by atoms with Gasteiger partial charge in [0.05, 0.1) is 11.9 Å². The first-order chi connectivity index (χ1) is 7.68. The van der Waals surface area contributed by atoms with Crippen molar-refractivity contribution in [1.29, 1.82) is 0 Å². The van der Waals surface area contributed by atoms with Crippen LogP contribution in [0.15, 0.2) is 24.4 Å². The number of halogens is 2. The van der Waals surface area contributed by atoms with Crippen molar-refractivity contribution in [1.82, 2.24) is 15.4 Å². The number of nitrogens with zero attached hydrogens (tertiary/aromatic N) is 2. The second kappa shape index (κ2) is 4.61. The molecule has 1 heterocycles. The molecule has 5 heteroatoms. The quantitative estimate of drug-likeness (QED) is 0.895. The van der Waals surface area contributed by atoms with Crippen LogP contribution in [0.25, 0.3) is 0 Å². The van der Waals surface area contributed by atoms with E-state index in [0.29, 0.717) is 17.0 Å². The SMILES string of the molecule is CC(Cc1cn[nH]n1)c1c(F)cccc1Cl. The molecule has 0 saturated carbocycles. The van der Waals surface area contributed by atoms with Gasteiger partial charge >= 0.3 is 0 Å². The van der Waals surface area contributed by atoms with Crippen LogP contribution in [0.5, 0.6) is 0 Å². The van der Waals surface area contributed by atoms with Gasteiger partial charge in [-0.05, 0) is 24.5 Å². The van der Waals surface area contributed by atoms with Gasteiger partial charge in [-0.1, -0.05) is 24.6 Å². The predicted molar refractivity (Wildman–Crippen MR) is 59.9 cm³/mol. The summed E-state index contributed by atoms with van der Waals surface area (Å²) < 4.78 is 13.6. The number of rotatable bonds is 3. The molecule has 2 aromatic rings. The molecule has 3 nitrogen and oxygen atoms in total. The molecular weight excluding hydrogens is 229 g/mol. The lowest BCUT2D eigenvalue weighted by atomic mass is 9.96. The molecule has 0 aliphatic carbocycles. The predicted octanol–water partition coefficient (Wildman–Crippen LogP) is 2.94. The molecular formula is C11H11ClFN3. The van der Waals surface area contributed by atoms with Gasteiger partial charge < -0.3 is 0 Å². The molecule has 1 unspecified atom stereocenters. The average molecular weight is 240 g/mol. The highest BCUT2D eigenvalue weighted by Crippen LogP contribution is 2.28. The number of nitrogens with one attached hydrogen (secondary N) is 1. The Morgan fingerprint density at radius 2 is 2.31 bits per heavy atom. The Morgan fingerprint density at radius 3 is 2.94 bits per heavy atom. The Labute approximate surface area is 97.6 Å². The molecule has 0 radical (unpaired) electrons. The summed E-state index contributed by atoms with van der Waals surface area (Å²) in [5.41, 5.74) is 1.33. The Bertz CT molecular complexity index is 450. The largest absolute Gasteiger partial charge is 0.207 e. The van der Waals surface area contributed by atoms with Crippen molar-refractivity contribution in [2.24, 2.45) is 0 Å². The van der Waals surface area contributed by atoms with Crippen LogP contribution in [0, 0.1) is 5.82 Å². The smallest absolute Gasteiger partial charge is 0.128 e. The first kappa shape index (κ1) is 11.1. The van der Waals surface area contributed by atoms with Crippen LogP contribution in [0.1, 0.15) is 24.1 Å². The van der Waals surface area contributed by atoms with Crippen molar-refractivity contribution in [3.05, 3.63) is 46.5 Å². The van der Waals surface area contributed by atoms with Crippen LogP contribution in [0.4, 0.5) is 4.39 Å². The molecule has 16 heavy (non-hydrogen) atoms. The molecule has 1 aromatic heterocycles. The van der Waals surface area contributed by atoms with Crippen molar-refractivity contribution in [3.8, 4) is 0 Å². The number of aromatic amines is 1. The zero-order valence-electron chi connectivity index (χ0n) is 8.74. The van der Waals surface area contributed by atoms with Gasteiger partial charge in [-0.25, -0.2) is 4.39 Å². The van der Waals surface area contributed by atoms with E-state index in [2.05, 4.69) is 15.4 Å². The molecule has 0 bridgehead atoms. The van der Waals surface area contributed by atoms with E-state index < -0.39 is 0 Å².